The Bertz CT molecular complexity index is 840. The van der Waals surface area contributed by atoms with Crippen LogP contribution in [0.5, 0.6) is 0 Å². The molecule has 0 aliphatic carbocycles. The van der Waals surface area contributed by atoms with Gasteiger partial charge in [-0.15, -0.1) is 0 Å². The van der Waals surface area contributed by atoms with E-state index in [4.69, 9.17) is 20.8 Å². The Morgan fingerprint density at radius 2 is 1.96 bits per heavy atom. The molecule has 140 valence electrons. The Kier molecular flexibility index (Phi) is 4.99. The topological polar surface area (TPSA) is 63.0 Å². The first-order valence-electron chi connectivity index (χ1n) is 8.55. The number of carbonyl (C=O) groups excluding carboxylic acids is 2. The number of likely N-dealkylation sites (N-methyl/N-ethyl adjacent to an activating group) is 1. The lowest BCUT2D eigenvalue weighted by atomic mass is 10.1. The summed E-state index contributed by atoms with van der Waals surface area (Å²) < 4.78 is 11.2. The Morgan fingerprint density at radius 3 is 2.65 bits per heavy atom. The second-order valence-corrected chi connectivity index (χ2v) is 8.05. The van der Waals surface area contributed by atoms with E-state index in [1.807, 2.05) is 11.9 Å². The van der Waals surface area contributed by atoms with E-state index in [-0.39, 0.29) is 11.5 Å². The van der Waals surface area contributed by atoms with Gasteiger partial charge in [-0.25, -0.2) is 4.79 Å². The molecule has 1 aromatic carbocycles. The van der Waals surface area contributed by atoms with Gasteiger partial charge in [0.1, 0.15) is 17.2 Å². The first-order chi connectivity index (χ1) is 12.1. The SMILES string of the molecule is CN1CCN(C(=O)OC(C)(C)C)C(C(=O)c2cc3cc(Cl)ccc3o2)C1. The molecule has 0 N–H and O–H groups in total. The monoisotopic (exact) mass is 378 g/mol. The first kappa shape index (κ1) is 18.7. The van der Waals surface area contributed by atoms with Gasteiger partial charge in [-0.2, -0.15) is 0 Å². The first-order valence-corrected chi connectivity index (χ1v) is 8.93. The van der Waals surface area contributed by atoms with E-state index in [0.717, 1.165) is 5.39 Å². The number of ether oxygens (including phenoxy) is 1. The molecular formula is C19H23ClN2O4. The highest BCUT2D eigenvalue weighted by Gasteiger charge is 2.38. The van der Waals surface area contributed by atoms with Gasteiger partial charge in [0, 0.05) is 30.0 Å². The molecule has 1 fully saturated rings. The predicted octanol–water partition coefficient (Wildman–Crippen LogP) is 3.82. The maximum absolute atomic E-state index is 13.1. The van der Waals surface area contributed by atoms with Crippen LogP contribution in [0, 0.1) is 0 Å². The fourth-order valence-corrected chi connectivity index (χ4v) is 3.16. The minimum Gasteiger partial charge on any atom is -0.453 e. The summed E-state index contributed by atoms with van der Waals surface area (Å²) in [5.74, 6) is -0.0224. The predicted molar refractivity (Wildman–Crippen MR) is 99.8 cm³/mol. The highest BCUT2D eigenvalue weighted by Crippen LogP contribution is 2.25. The zero-order valence-electron chi connectivity index (χ0n) is 15.4. The molecule has 2 heterocycles. The minimum absolute atomic E-state index is 0.219. The van der Waals surface area contributed by atoms with Crippen LogP contribution in [0.15, 0.2) is 28.7 Å². The third-order valence-electron chi connectivity index (χ3n) is 4.24. The molecule has 1 atom stereocenters. The van der Waals surface area contributed by atoms with Gasteiger partial charge >= 0.3 is 6.09 Å². The van der Waals surface area contributed by atoms with Crippen LogP contribution >= 0.6 is 11.6 Å². The Hall–Kier alpha value is -2.05. The summed E-state index contributed by atoms with van der Waals surface area (Å²) in [6.07, 6.45) is -0.483. The summed E-state index contributed by atoms with van der Waals surface area (Å²) in [6.45, 7) is 6.95. The number of halogens is 1. The Balaban J connectivity index is 1.88. The quantitative estimate of drug-likeness (QED) is 0.743. The standard InChI is InChI=1S/C19H23ClN2O4/c1-19(2,3)26-18(24)22-8-7-21(4)11-14(22)17(23)16-10-12-9-13(20)5-6-15(12)25-16/h5-6,9-10,14H,7-8,11H2,1-4H3. The summed E-state index contributed by atoms with van der Waals surface area (Å²) in [5, 5.41) is 1.33. The number of piperazine rings is 1. The van der Waals surface area contributed by atoms with Crippen molar-refractivity contribution >= 4 is 34.4 Å². The largest absolute Gasteiger partial charge is 0.453 e. The number of hydrogen-bond donors (Lipinski definition) is 0. The molecule has 7 heteroatoms. The van der Waals surface area contributed by atoms with Gasteiger partial charge in [-0.05, 0) is 52.1 Å². The summed E-state index contributed by atoms with van der Waals surface area (Å²) in [5.41, 5.74) is -0.0323. The minimum atomic E-state index is -0.653. The van der Waals surface area contributed by atoms with Gasteiger partial charge in [0.2, 0.25) is 5.78 Å². The zero-order chi connectivity index (χ0) is 19.1. The normalized spacial score (nSPS) is 19.0. The molecule has 1 unspecified atom stereocenters. The average molecular weight is 379 g/mol. The molecule has 0 spiro atoms. The highest BCUT2D eigenvalue weighted by atomic mass is 35.5. The van der Waals surface area contributed by atoms with Crippen molar-refractivity contribution in [3.63, 3.8) is 0 Å². The van der Waals surface area contributed by atoms with E-state index in [1.54, 1.807) is 45.0 Å². The number of nitrogens with zero attached hydrogens (tertiary/aromatic N) is 2. The van der Waals surface area contributed by atoms with Gasteiger partial charge in [0.05, 0.1) is 0 Å². The zero-order valence-corrected chi connectivity index (χ0v) is 16.2. The lowest BCUT2D eigenvalue weighted by molar-refractivity contribution is 0.00261. The summed E-state index contributed by atoms with van der Waals surface area (Å²) in [7, 11) is 1.92. The molecular weight excluding hydrogens is 356 g/mol. The second-order valence-electron chi connectivity index (χ2n) is 7.61. The lowest BCUT2D eigenvalue weighted by Gasteiger charge is -2.39. The van der Waals surface area contributed by atoms with Crippen LogP contribution in [0.4, 0.5) is 4.79 Å². The highest BCUT2D eigenvalue weighted by molar-refractivity contribution is 6.31. The second kappa shape index (κ2) is 6.93. The van der Waals surface area contributed by atoms with Crippen molar-refractivity contribution < 1.29 is 18.7 Å². The van der Waals surface area contributed by atoms with Crippen LogP contribution in [0.1, 0.15) is 31.3 Å². The van der Waals surface area contributed by atoms with Crippen molar-refractivity contribution in [1.82, 2.24) is 9.80 Å². The van der Waals surface area contributed by atoms with Crippen LogP contribution in [0.2, 0.25) is 5.02 Å². The molecule has 1 aromatic heterocycles. The maximum Gasteiger partial charge on any atom is 0.411 e. The molecule has 3 rings (SSSR count). The number of Topliss-reactive ketones (excluding diaryl/α,β-unsaturated/α-hetero) is 1. The van der Waals surface area contributed by atoms with Crippen LogP contribution in [-0.4, -0.2) is 60.0 Å². The van der Waals surface area contributed by atoms with E-state index in [9.17, 15) is 9.59 Å². The fourth-order valence-electron chi connectivity index (χ4n) is 2.98. The van der Waals surface area contributed by atoms with Gasteiger partial charge in [0.25, 0.3) is 0 Å². The van der Waals surface area contributed by atoms with Gasteiger partial charge < -0.3 is 14.1 Å². The smallest absolute Gasteiger partial charge is 0.411 e. The maximum atomic E-state index is 13.1. The molecule has 0 radical (unpaired) electrons. The van der Waals surface area contributed by atoms with E-state index in [1.165, 1.54) is 4.90 Å². The van der Waals surface area contributed by atoms with E-state index < -0.39 is 17.7 Å². The van der Waals surface area contributed by atoms with Crippen molar-refractivity contribution in [3.8, 4) is 0 Å². The number of ketones is 1. The summed E-state index contributed by atoms with van der Waals surface area (Å²) in [4.78, 5) is 29.2. The Morgan fingerprint density at radius 1 is 1.23 bits per heavy atom. The number of furan rings is 1. The van der Waals surface area contributed by atoms with E-state index in [2.05, 4.69) is 0 Å². The lowest BCUT2D eigenvalue weighted by Crippen LogP contribution is -2.58. The third kappa shape index (κ3) is 4.02. The van der Waals surface area contributed by atoms with Gasteiger partial charge in [-0.1, -0.05) is 11.6 Å². The van der Waals surface area contributed by atoms with Gasteiger partial charge in [0.15, 0.2) is 5.76 Å². The molecule has 0 saturated carbocycles. The number of rotatable bonds is 2. The fraction of sp³-hybridized carbons (Fsp3) is 0.474. The number of benzene rings is 1. The molecule has 1 saturated heterocycles. The molecule has 0 bridgehead atoms. The van der Waals surface area contributed by atoms with Crippen LogP contribution in [0.25, 0.3) is 11.0 Å². The van der Waals surface area contributed by atoms with Crippen molar-refractivity contribution in [2.75, 3.05) is 26.7 Å². The van der Waals surface area contributed by atoms with E-state index in [0.29, 0.717) is 30.2 Å². The van der Waals surface area contributed by atoms with Crippen LogP contribution < -0.4 is 0 Å². The number of hydrogen-bond acceptors (Lipinski definition) is 5. The van der Waals surface area contributed by atoms with Crippen molar-refractivity contribution in [2.45, 2.75) is 32.4 Å². The number of amides is 1. The summed E-state index contributed by atoms with van der Waals surface area (Å²) in [6, 6.07) is 6.21. The molecule has 2 aromatic rings. The third-order valence-corrected chi connectivity index (χ3v) is 4.47. The summed E-state index contributed by atoms with van der Waals surface area (Å²) >= 11 is 6.00. The molecule has 1 amide bonds. The number of carbonyl (C=O) groups is 2. The number of fused-ring (bicyclic) bond motifs is 1. The molecule has 26 heavy (non-hydrogen) atoms. The molecule has 6 nitrogen and oxygen atoms in total. The van der Waals surface area contributed by atoms with E-state index >= 15 is 0 Å². The van der Waals surface area contributed by atoms with Crippen molar-refractivity contribution in [3.05, 3.63) is 35.0 Å². The Labute approximate surface area is 157 Å². The van der Waals surface area contributed by atoms with Gasteiger partial charge in [-0.3, -0.25) is 9.69 Å². The van der Waals surface area contributed by atoms with Crippen LogP contribution in [-0.2, 0) is 4.74 Å². The van der Waals surface area contributed by atoms with Crippen molar-refractivity contribution in [2.24, 2.45) is 0 Å². The average Bonchev–Trinajstić information content (AvgIpc) is 2.95. The molecule has 1 aliphatic heterocycles. The van der Waals surface area contributed by atoms with Crippen LogP contribution in [0.3, 0.4) is 0 Å². The van der Waals surface area contributed by atoms with Crippen molar-refractivity contribution in [1.29, 1.82) is 0 Å². The molecule has 1 aliphatic rings.